The molecule has 0 fully saturated rings. The van der Waals surface area contributed by atoms with Crippen LogP contribution in [0.25, 0.3) is 0 Å². The zero-order valence-corrected chi connectivity index (χ0v) is 10.9. The summed E-state index contributed by atoms with van der Waals surface area (Å²) >= 11 is 0. The minimum Gasteiger partial charge on any atom is -0.383 e. The number of hydrogen-bond acceptors (Lipinski definition) is 3. The molecule has 0 saturated carbocycles. The Kier molecular flexibility index (Phi) is 4.97. The van der Waals surface area contributed by atoms with E-state index in [-0.39, 0.29) is 11.9 Å². The number of hydrogen-bond donors (Lipinski definition) is 1. The molecule has 94 valence electrons. The van der Waals surface area contributed by atoms with Crippen LogP contribution in [0.4, 0.5) is 5.69 Å². The molecule has 0 saturated heterocycles. The van der Waals surface area contributed by atoms with Crippen molar-refractivity contribution in [3.8, 4) is 0 Å². The molecule has 0 heterocycles. The van der Waals surface area contributed by atoms with Crippen LogP contribution in [-0.4, -0.2) is 39.8 Å². The summed E-state index contributed by atoms with van der Waals surface area (Å²) in [5.41, 5.74) is 1.68. The maximum absolute atomic E-state index is 11.9. The van der Waals surface area contributed by atoms with E-state index >= 15 is 0 Å². The number of anilines is 1. The molecule has 0 aliphatic heterocycles. The molecule has 1 atom stereocenters. The Morgan fingerprint density at radius 2 is 2.18 bits per heavy atom. The number of amides is 1. The van der Waals surface area contributed by atoms with Crippen molar-refractivity contribution in [2.24, 2.45) is 0 Å². The average Bonchev–Trinajstić information content (AvgIpc) is 2.29. The van der Waals surface area contributed by atoms with Crippen molar-refractivity contribution < 1.29 is 9.53 Å². The smallest absolute Gasteiger partial charge is 0.251 e. The lowest BCUT2D eigenvalue weighted by Gasteiger charge is -2.15. The second-order valence-electron chi connectivity index (χ2n) is 4.27. The number of methoxy groups -OCH3 is 1. The monoisotopic (exact) mass is 236 g/mol. The predicted octanol–water partition coefficient (Wildman–Crippen LogP) is 1.52. The molecule has 17 heavy (non-hydrogen) atoms. The van der Waals surface area contributed by atoms with Crippen LogP contribution in [-0.2, 0) is 4.74 Å². The molecule has 1 rings (SSSR count). The van der Waals surface area contributed by atoms with E-state index in [9.17, 15) is 4.79 Å². The number of nitrogens with one attached hydrogen (secondary N) is 1. The van der Waals surface area contributed by atoms with Crippen LogP contribution < -0.4 is 10.2 Å². The normalized spacial score (nSPS) is 12.0. The highest BCUT2D eigenvalue weighted by Gasteiger charge is 2.10. The lowest BCUT2D eigenvalue weighted by atomic mass is 10.1. The van der Waals surface area contributed by atoms with Gasteiger partial charge >= 0.3 is 0 Å². The van der Waals surface area contributed by atoms with Gasteiger partial charge in [-0.25, -0.2) is 0 Å². The third-order valence-corrected chi connectivity index (χ3v) is 2.42. The van der Waals surface area contributed by atoms with Crippen LogP contribution in [0.15, 0.2) is 24.3 Å². The SMILES string of the molecule is COC[C@H](C)NC(=O)c1cccc(N(C)C)c1. The summed E-state index contributed by atoms with van der Waals surface area (Å²) in [4.78, 5) is 13.9. The van der Waals surface area contributed by atoms with Crippen molar-refractivity contribution in [1.29, 1.82) is 0 Å². The molecular weight excluding hydrogens is 216 g/mol. The second kappa shape index (κ2) is 6.25. The molecule has 1 aromatic carbocycles. The summed E-state index contributed by atoms with van der Waals surface area (Å²) in [6.45, 7) is 2.43. The molecule has 0 aliphatic rings. The predicted molar refractivity (Wildman–Crippen MR) is 69.6 cm³/mol. The van der Waals surface area contributed by atoms with Crippen LogP contribution >= 0.6 is 0 Å². The van der Waals surface area contributed by atoms with Crippen molar-refractivity contribution in [3.05, 3.63) is 29.8 Å². The zero-order chi connectivity index (χ0) is 12.8. The fourth-order valence-electron chi connectivity index (χ4n) is 1.52. The Labute approximate surface area is 103 Å². The Hall–Kier alpha value is -1.55. The standard InChI is InChI=1S/C13H20N2O2/c1-10(9-17-4)14-13(16)11-6-5-7-12(8-11)15(2)3/h5-8,10H,9H2,1-4H3,(H,14,16)/t10-/m0/s1. The lowest BCUT2D eigenvalue weighted by molar-refractivity contribution is 0.0905. The van der Waals surface area contributed by atoms with Gasteiger partial charge in [-0.1, -0.05) is 6.07 Å². The van der Waals surface area contributed by atoms with E-state index in [0.29, 0.717) is 12.2 Å². The van der Waals surface area contributed by atoms with Gasteiger partial charge in [0, 0.05) is 38.5 Å². The van der Waals surface area contributed by atoms with Gasteiger partial charge in [0.05, 0.1) is 6.61 Å². The Balaban J connectivity index is 2.72. The molecule has 1 amide bonds. The van der Waals surface area contributed by atoms with Crippen LogP contribution in [0, 0.1) is 0 Å². The first-order chi connectivity index (χ1) is 8.04. The number of rotatable bonds is 5. The number of nitrogens with zero attached hydrogens (tertiary/aromatic N) is 1. The molecule has 1 aromatic rings. The van der Waals surface area contributed by atoms with Crippen molar-refractivity contribution >= 4 is 11.6 Å². The first kappa shape index (κ1) is 13.5. The number of benzene rings is 1. The van der Waals surface area contributed by atoms with Crippen molar-refractivity contribution in [2.75, 3.05) is 32.7 Å². The largest absolute Gasteiger partial charge is 0.383 e. The third kappa shape index (κ3) is 4.07. The van der Waals surface area contributed by atoms with Crippen LogP contribution in [0.5, 0.6) is 0 Å². The van der Waals surface area contributed by atoms with E-state index in [0.717, 1.165) is 5.69 Å². The van der Waals surface area contributed by atoms with Crippen molar-refractivity contribution in [1.82, 2.24) is 5.32 Å². The molecule has 0 radical (unpaired) electrons. The van der Waals surface area contributed by atoms with Gasteiger partial charge in [0.1, 0.15) is 0 Å². The second-order valence-corrected chi connectivity index (χ2v) is 4.27. The number of carbonyl (C=O) groups excluding carboxylic acids is 1. The topological polar surface area (TPSA) is 41.6 Å². The Morgan fingerprint density at radius 3 is 2.76 bits per heavy atom. The summed E-state index contributed by atoms with van der Waals surface area (Å²) in [5, 5.41) is 2.88. The fraction of sp³-hybridized carbons (Fsp3) is 0.462. The van der Waals surface area contributed by atoms with Gasteiger partial charge in [-0.2, -0.15) is 0 Å². The molecule has 4 heteroatoms. The number of ether oxygens (including phenoxy) is 1. The summed E-state index contributed by atoms with van der Waals surface area (Å²) in [6.07, 6.45) is 0. The van der Waals surface area contributed by atoms with E-state index in [4.69, 9.17) is 4.74 Å². The zero-order valence-electron chi connectivity index (χ0n) is 10.9. The van der Waals surface area contributed by atoms with Gasteiger partial charge in [-0.3, -0.25) is 4.79 Å². The van der Waals surface area contributed by atoms with Gasteiger partial charge < -0.3 is 15.0 Å². The van der Waals surface area contributed by atoms with Crippen LogP contribution in [0.2, 0.25) is 0 Å². The molecule has 1 N–H and O–H groups in total. The van der Waals surface area contributed by atoms with Gasteiger partial charge in [-0.05, 0) is 25.1 Å². The molecular formula is C13H20N2O2. The van der Waals surface area contributed by atoms with Crippen molar-refractivity contribution in [2.45, 2.75) is 13.0 Å². The Bertz CT molecular complexity index is 377. The first-order valence-electron chi connectivity index (χ1n) is 5.61. The minimum absolute atomic E-state index is 0.00973. The lowest BCUT2D eigenvalue weighted by Crippen LogP contribution is -2.35. The molecule has 0 unspecified atom stereocenters. The van der Waals surface area contributed by atoms with Crippen LogP contribution in [0.3, 0.4) is 0 Å². The highest BCUT2D eigenvalue weighted by Crippen LogP contribution is 2.13. The summed E-state index contributed by atoms with van der Waals surface area (Å²) < 4.78 is 4.98. The van der Waals surface area contributed by atoms with Crippen molar-refractivity contribution in [3.63, 3.8) is 0 Å². The van der Waals surface area contributed by atoms with Gasteiger partial charge in [0.15, 0.2) is 0 Å². The van der Waals surface area contributed by atoms with E-state index in [1.807, 2.05) is 50.2 Å². The van der Waals surface area contributed by atoms with Gasteiger partial charge in [0.25, 0.3) is 5.91 Å². The molecule has 0 bridgehead atoms. The quantitative estimate of drug-likeness (QED) is 0.842. The third-order valence-electron chi connectivity index (χ3n) is 2.42. The van der Waals surface area contributed by atoms with Gasteiger partial charge in [-0.15, -0.1) is 0 Å². The molecule has 0 aromatic heterocycles. The summed E-state index contributed by atoms with van der Waals surface area (Å²) in [5.74, 6) is -0.0711. The van der Waals surface area contributed by atoms with Crippen LogP contribution in [0.1, 0.15) is 17.3 Å². The Morgan fingerprint density at radius 1 is 1.47 bits per heavy atom. The number of carbonyl (C=O) groups is 1. The van der Waals surface area contributed by atoms with E-state index in [2.05, 4.69) is 5.32 Å². The van der Waals surface area contributed by atoms with E-state index in [1.165, 1.54) is 0 Å². The van der Waals surface area contributed by atoms with Gasteiger partial charge in [0.2, 0.25) is 0 Å². The maximum atomic E-state index is 11.9. The summed E-state index contributed by atoms with van der Waals surface area (Å²) in [6, 6.07) is 7.53. The summed E-state index contributed by atoms with van der Waals surface area (Å²) in [7, 11) is 5.52. The average molecular weight is 236 g/mol. The maximum Gasteiger partial charge on any atom is 0.251 e. The first-order valence-corrected chi connectivity index (χ1v) is 5.61. The highest BCUT2D eigenvalue weighted by atomic mass is 16.5. The van der Waals surface area contributed by atoms with E-state index < -0.39 is 0 Å². The fourth-order valence-corrected chi connectivity index (χ4v) is 1.52. The van der Waals surface area contributed by atoms with E-state index in [1.54, 1.807) is 7.11 Å². The minimum atomic E-state index is -0.0711. The highest BCUT2D eigenvalue weighted by molar-refractivity contribution is 5.95. The molecule has 4 nitrogen and oxygen atoms in total. The molecule has 0 aliphatic carbocycles. The molecule has 0 spiro atoms.